The second-order valence-corrected chi connectivity index (χ2v) is 2.09. The lowest BCUT2D eigenvalue weighted by Crippen LogP contribution is -2.24. The zero-order chi connectivity index (χ0) is 10.0. The van der Waals surface area contributed by atoms with Crippen molar-refractivity contribution in [3.63, 3.8) is 0 Å². The van der Waals surface area contributed by atoms with Crippen molar-refractivity contribution in [2.75, 3.05) is 0 Å². The average molecular weight is 184 g/mol. The number of nitrogens with one attached hydrogen (secondary N) is 1. The Hall–Kier alpha value is -2.18. The van der Waals surface area contributed by atoms with Gasteiger partial charge in [0.05, 0.1) is 0 Å². The first-order chi connectivity index (χ1) is 6.04. The summed E-state index contributed by atoms with van der Waals surface area (Å²) >= 11 is 0. The third kappa shape index (κ3) is 1.53. The largest absolute Gasteiger partial charge is 0.477 e. The van der Waals surface area contributed by atoms with E-state index in [-0.39, 0.29) is 0 Å². The molecular weight excluding hydrogens is 180 g/mol. The molecule has 1 aromatic rings. The quantitative estimate of drug-likeness (QED) is 0.551. The lowest BCUT2D eigenvalue weighted by molar-refractivity contribution is 0.0687. The maximum atomic E-state index is 11.0. The highest BCUT2D eigenvalue weighted by molar-refractivity contribution is 5.91. The Balaban J connectivity index is 3.44. The van der Waals surface area contributed by atoms with Crippen molar-refractivity contribution in [1.82, 2.24) is 10.2 Å². The molecule has 0 aliphatic rings. The number of carboxylic acid groups (broad SMARTS) is 2. The molecule has 1 rings (SSSR count). The van der Waals surface area contributed by atoms with Crippen LogP contribution in [-0.4, -0.2) is 32.3 Å². The van der Waals surface area contributed by atoms with Gasteiger partial charge in [-0.05, 0) is 0 Å². The highest BCUT2D eigenvalue weighted by Gasteiger charge is 2.17. The summed E-state index contributed by atoms with van der Waals surface area (Å²) < 4.78 is 0. The molecule has 68 valence electrons. The van der Waals surface area contributed by atoms with Crippen LogP contribution in [0.5, 0.6) is 0 Å². The van der Waals surface area contributed by atoms with Crippen molar-refractivity contribution in [2.45, 2.75) is 0 Å². The summed E-state index contributed by atoms with van der Waals surface area (Å²) in [5, 5.41) is 22.0. The number of carboxylic acids is 2. The molecule has 0 aromatic carbocycles. The minimum atomic E-state index is -1.57. The van der Waals surface area contributed by atoms with Crippen LogP contribution in [0.25, 0.3) is 0 Å². The Morgan fingerprint density at radius 3 is 2.38 bits per heavy atom. The van der Waals surface area contributed by atoms with Gasteiger partial charge in [-0.3, -0.25) is 9.89 Å². The zero-order valence-corrected chi connectivity index (χ0v) is 6.14. The Bertz CT molecular complexity index is 386. The van der Waals surface area contributed by atoms with Gasteiger partial charge in [-0.15, -0.1) is 0 Å². The number of carbonyl (C=O) groups is 2. The highest BCUT2D eigenvalue weighted by atomic mass is 16.4. The van der Waals surface area contributed by atoms with Crippen LogP contribution in [-0.2, 0) is 0 Å². The molecule has 0 saturated heterocycles. The minimum absolute atomic E-state index is 0.646. The van der Waals surface area contributed by atoms with Gasteiger partial charge >= 0.3 is 11.9 Å². The van der Waals surface area contributed by atoms with E-state index >= 15 is 0 Å². The summed E-state index contributed by atoms with van der Waals surface area (Å²) in [5.74, 6) is -3.06. The fraction of sp³-hybridized carbons (Fsp3) is 0. The number of hydrogen-bond donors (Lipinski definition) is 3. The van der Waals surface area contributed by atoms with Crippen molar-refractivity contribution in [3.05, 3.63) is 27.7 Å². The van der Waals surface area contributed by atoms with Crippen molar-refractivity contribution in [1.29, 1.82) is 0 Å². The number of aromatic nitrogens is 2. The number of rotatable bonds is 2. The molecule has 0 saturated carbocycles. The van der Waals surface area contributed by atoms with Gasteiger partial charge in [-0.2, -0.15) is 5.10 Å². The second-order valence-electron chi connectivity index (χ2n) is 2.09. The molecule has 0 fully saturated rings. The number of H-pyrrole nitrogens is 1. The Kier molecular flexibility index (Phi) is 2.09. The zero-order valence-electron chi connectivity index (χ0n) is 6.14. The van der Waals surface area contributed by atoms with E-state index in [1.807, 2.05) is 5.10 Å². The average Bonchev–Trinajstić information content (AvgIpc) is 2.03. The fourth-order valence-electron chi connectivity index (χ4n) is 0.709. The molecule has 0 spiro atoms. The smallest absolute Gasteiger partial charge is 0.360 e. The van der Waals surface area contributed by atoms with Crippen LogP contribution < -0.4 is 5.43 Å². The van der Waals surface area contributed by atoms with E-state index in [1.165, 1.54) is 0 Å². The third-order valence-corrected chi connectivity index (χ3v) is 1.28. The number of nitrogens with zero attached hydrogens (tertiary/aromatic N) is 1. The van der Waals surface area contributed by atoms with Crippen LogP contribution in [0.15, 0.2) is 11.0 Å². The van der Waals surface area contributed by atoms with Gasteiger partial charge in [0, 0.05) is 6.20 Å². The van der Waals surface area contributed by atoms with E-state index < -0.39 is 28.6 Å². The topological polar surface area (TPSA) is 120 Å². The molecule has 7 heteroatoms. The summed E-state index contributed by atoms with van der Waals surface area (Å²) in [6, 6.07) is 0. The molecule has 7 nitrogen and oxygen atoms in total. The first kappa shape index (κ1) is 8.91. The molecular formula is C6H4N2O5. The molecule has 3 N–H and O–H groups in total. The summed E-state index contributed by atoms with van der Waals surface area (Å²) in [7, 11) is 0. The van der Waals surface area contributed by atoms with Crippen molar-refractivity contribution in [3.8, 4) is 0 Å². The third-order valence-electron chi connectivity index (χ3n) is 1.28. The van der Waals surface area contributed by atoms with Gasteiger partial charge < -0.3 is 10.2 Å². The Morgan fingerprint density at radius 2 is 1.92 bits per heavy atom. The summed E-state index contributed by atoms with van der Waals surface area (Å²) in [6.07, 6.45) is 0.830. The molecule has 0 bridgehead atoms. The Labute approximate surface area is 70.6 Å². The van der Waals surface area contributed by atoms with Gasteiger partial charge in [-0.25, -0.2) is 9.59 Å². The van der Waals surface area contributed by atoms with Crippen LogP contribution in [0.1, 0.15) is 20.8 Å². The SMILES string of the molecule is O=C(O)c1c[nH]nc(C(=O)O)c1=O. The van der Waals surface area contributed by atoms with Gasteiger partial charge in [0.15, 0.2) is 0 Å². The number of hydrogen-bond acceptors (Lipinski definition) is 4. The van der Waals surface area contributed by atoms with Crippen molar-refractivity contribution < 1.29 is 19.8 Å². The monoisotopic (exact) mass is 184 g/mol. The van der Waals surface area contributed by atoms with E-state index in [4.69, 9.17) is 10.2 Å². The van der Waals surface area contributed by atoms with Crippen LogP contribution in [0, 0.1) is 0 Å². The molecule has 0 unspecified atom stereocenters. The van der Waals surface area contributed by atoms with Gasteiger partial charge in [0.25, 0.3) is 0 Å². The van der Waals surface area contributed by atoms with Crippen molar-refractivity contribution >= 4 is 11.9 Å². The lowest BCUT2D eigenvalue weighted by atomic mass is 10.2. The first-order valence-electron chi connectivity index (χ1n) is 3.08. The predicted octanol–water partition coefficient (Wildman–Crippen LogP) is -0.834. The second kappa shape index (κ2) is 3.05. The highest BCUT2D eigenvalue weighted by Crippen LogP contribution is 1.90. The molecule has 0 aliphatic carbocycles. The number of aromatic carboxylic acids is 2. The molecule has 0 aliphatic heterocycles. The van der Waals surface area contributed by atoms with Gasteiger partial charge in [0.1, 0.15) is 5.56 Å². The Morgan fingerprint density at radius 1 is 1.31 bits per heavy atom. The standard InChI is InChI=1S/C6H4N2O5/c9-4-2(5(10)11)1-7-8-3(4)6(12)13/h1H,(H,7,9)(H,10,11)(H,12,13). The summed E-state index contributed by atoms with van der Waals surface area (Å²) in [5.41, 5.74) is -2.59. The van der Waals surface area contributed by atoms with E-state index in [0.717, 1.165) is 6.20 Å². The molecule has 13 heavy (non-hydrogen) atoms. The number of aromatic amines is 1. The maximum Gasteiger partial charge on any atom is 0.360 e. The van der Waals surface area contributed by atoms with E-state index in [0.29, 0.717) is 0 Å². The van der Waals surface area contributed by atoms with Crippen LogP contribution in [0.3, 0.4) is 0 Å². The van der Waals surface area contributed by atoms with E-state index in [2.05, 4.69) is 5.10 Å². The normalized spacial score (nSPS) is 9.54. The molecule has 0 amide bonds. The fourth-order valence-corrected chi connectivity index (χ4v) is 0.709. The van der Waals surface area contributed by atoms with Gasteiger partial charge in [0.2, 0.25) is 11.1 Å². The summed E-state index contributed by atoms with van der Waals surface area (Å²) in [6.45, 7) is 0. The first-order valence-corrected chi connectivity index (χ1v) is 3.08. The molecule has 1 aromatic heterocycles. The van der Waals surface area contributed by atoms with Crippen LogP contribution in [0.4, 0.5) is 0 Å². The van der Waals surface area contributed by atoms with E-state index in [9.17, 15) is 14.4 Å². The van der Waals surface area contributed by atoms with Gasteiger partial charge in [-0.1, -0.05) is 0 Å². The molecule has 0 atom stereocenters. The van der Waals surface area contributed by atoms with E-state index in [1.54, 1.807) is 0 Å². The van der Waals surface area contributed by atoms with Crippen LogP contribution in [0.2, 0.25) is 0 Å². The minimum Gasteiger partial charge on any atom is -0.477 e. The summed E-state index contributed by atoms with van der Waals surface area (Å²) in [4.78, 5) is 31.7. The van der Waals surface area contributed by atoms with Crippen LogP contribution >= 0.6 is 0 Å². The molecule has 0 radical (unpaired) electrons. The predicted molar refractivity (Wildman–Crippen MR) is 38.8 cm³/mol. The van der Waals surface area contributed by atoms with Crippen molar-refractivity contribution in [2.24, 2.45) is 0 Å². The lowest BCUT2D eigenvalue weighted by Gasteiger charge is -1.94. The maximum absolute atomic E-state index is 11.0. The molecule has 1 heterocycles.